The summed E-state index contributed by atoms with van der Waals surface area (Å²) in [5.74, 6) is 5.76. The molecule has 4 nitrogen and oxygen atoms in total. The van der Waals surface area contributed by atoms with Gasteiger partial charge in [-0.1, -0.05) is 40.5 Å². The van der Waals surface area contributed by atoms with Crippen LogP contribution in [-0.2, 0) is 12.8 Å². The van der Waals surface area contributed by atoms with Crippen LogP contribution in [0.5, 0.6) is 0 Å². The summed E-state index contributed by atoms with van der Waals surface area (Å²) in [6, 6.07) is 7.85. The fourth-order valence-electron chi connectivity index (χ4n) is 2.28. The molecule has 21 heavy (non-hydrogen) atoms. The number of hydrogen-bond donors (Lipinski definition) is 2. The van der Waals surface area contributed by atoms with Gasteiger partial charge in [0.25, 0.3) is 0 Å². The molecule has 0 aliphatic heterocycles. The number of aryl methyl sites for hydroxylation is 2. The molecule has 0 saturated carbocycles. The third-order valence-electron chi connectivity index (χ3n) is 3.38. The van der Waals surface area contributed by atoms with E-state index in [-0.39, 0.29) is 6.04 Å². The Labute approximate surface area is 138 Å². The van der Waals surface area contributed by atoms with Gasteiger partial charge in [0.15, 0.2) is 0 Å². The molecule has 1 aromatic heterocycles. The van der Waals surface area contributed by atoms with Gasteiger partial charge in [0, 0.05) is 9.50 Å². The van der Waals surface area contributed by atoms with Crippen LogP contribution in [0.1, 0.15) is 35.5 Å². The van der Waals surface area contributed by atoms with Crippen molar-refractivity contribution in [3.8, 4) is 0 Å². The first-order valence-corrected chi connectivity index (χ1v) is 7.95. The minimum absolute atomic E-state index is 0.0483. The van der Waals surface area contributed by atoms with Crippen LogP contribution >= 0.6 is 27.5 Å². The molecule has 1 aromatic carbocycles. The first-order valence-electron chi connectivity index (χ1n) is 6.78. The van der Waals surface area contributed by atoms with E-state index >= 15 is 0 Å². The lowest BCUT2D eigenvalue weighted by Crippen LogP contribution is -2.31. The van der Waals surface area contributed by atoms with Crippen molar-refractivity contribution >= 4 is 27.5 Å². The van der Waals surface area contributed by atoms with E-state index in [2.05, 4.69) is 38.5 Å². The molecule has 2 aromatic rings. The third-order valence-corrected chi connectivity index (χ3v) is 4.22. The fourth-order valence-corrected chi connectivity index (χ4v) is 3.03. The molecule has 0 fully saturated rings. The zero-order valence-corrected chi connectivity index (χ0v) is 14.4. The maximum atomic E-state index is 6.30. The number of benzene rings is 1. The van der Waals surface area contributed by atoms with Crippen molar-refractivity contribution in [1.82, 2.24) is 15.6 Å². The molecule has 1 heterocycles. The minimum Gasteiger partial charge on any atom is -0.271 e. The molecule has 2 rings (SSSR count). The summed E-state index contributed by atoms with van der Waals surface area (Å²) in [4.78, 5) is 0. The van der Waals surface area contributed by atoms with E-state index in [1.54, 1.807) is 0 Å². The van der Waals surface area contributed by atoms with Crippen LogP contribution in [0, 0.1) is 6.92 Å². The molecule has 6 heteroatoms. The van der Waals surface area contributed by atoms with Crippen LogP contribution in [-0.4, -0.2) is 10.2 Å². The molecule has 0 amide bonds. The summed E-state index contributed by atoms with van der Waals surface area (Å²) in [6.07, 6.45) is 1.51. The van der Waals surface area contributed by atoms with Gasteiger partial charge in [-0.2, -0.15) is 10.2 Å². The Hall–Kier alpha value is -1.01. The van der Waals surface area contributed by atoms with E-state index in [4.69, 9.17) is 17.4 Å². The van der Waals surface area contributed by atoms with Crippen molar-refractivity contribution in [1.29, 1.82) is 0 Å². The third kappa shape index (κ3) is 4.01. The first-order chi connectivity index (χ1) is 10.0. The Morgan fingerprint density at radius 3 is 2.71 bits per heavy atom. The maximum absolute atomic E-state index is 6.30. The molecule has 112 valence electrons. The lowest BCUT2D eigenvalue weighted by molar-refractivity contribution is 0.541. The lowest BCUT2D eigenvalue weighted by atomic mass is 9.97. The number of aromatic nitrogens is 2. The fraction of sp³-hybridized carbons (Fsp3) is 0.333. The van der Waals surface area contributed by atoms with Gasteiger partial charge in [-0.15, -0.1) is 0 Å². The van der Waals surface area contributed by atoms with E-state index in [0.717, 1.165) is 38.4 Å². The maximum Gasteiger partial charge on any atom is 0.0676 e. The van der Waals surface area contributed by atoms with Gasteiger partial charge in [0.2, 0.25) is 0 Å². The van der Waals surface area contributed by atoms with Gasteiger partial charge in [-0.05, 0) is 49.1 Å². The first kappa shape index (κ1) is 16.4. The summed E-state index contributed by atoms with van der Waals surface area (Å²) < 4.78 is 0.962. The van der Waals surface area contributed by atoms with E-state index < -0.39 is 0 Å². The molecule has 0 saturated heterocycles. The Bertz CT molecular complexity index is 633. The molecular formula is C15H18BrClN4. The van der Waals surface area contributed by atoms with E-state index in [1.165, 1.54) is 0 Å². The topological polar surface area (TPSA) is 63.8 Å². The highest BCUT2D eigenvalue weighted by molar-refractivity contribution is 9.10. The molecule has 1 atom stereocenters. The van der Waals surface area contributed by atoms with Crippen molar-refractivity contribution in [2.24, 2.45) is 5.84 Å². The number of nitrogens with zero attached hydrogens (tertiary/aromatic N) is 2. The largest absolute Gasteiger partial charge is 0.271 e. The zero-order valence-electron chi connectivity index (χ0n) is 12.0. The van der Waals surface area contributed by atoms with Gasteiger partial charge in [-0.3, -0.25) is 11.3 Å². The number of hydrazine groups is 1. The monoisotopic (exact) mass is 368 g/mol. The highest BCUT2D eigenvalue weighted by atomic mass is 79.9. The van der Waals surface area contributed by atoms with E-state index in [1.807, 2.05) is 31.2 Å². The molecular weight excluding hydrogens is 352 g/mol. The van der Waals surface area contributed by atoms with Crippen molar-refractivity contribution < 1.29 is 0 Å². The van der Waals surface area contributed by atoms with Crippen LogP contribution in [0.2, 0.25) is 5.02 Å². The van der Waals surface area contributed by atoms with Crippen molar-refractivity contribution in [3.05, 3.63) is 56.3 Å². The van der Waals surface area contributed by atoms with Gasteiger partial charge >= 0.3 is 0 Å². The van der Waals surface area contributed by atoms with Crippen LogP contribution in [0.25, 0.3) is 0 Å². The number of rotatable bonds is 5. The number of hydrogen-bond acceptors (Lipinski definition) is 4. The van der Waals surface area contributed by atoms with Crippen molar-refractivity contribution in [2.45, 2.75) is 32.7 Å². The van der Waals surface area contributed by atoms with Crippen LogP contribution in [0.15, 0.2) is 28.7 Å². The van der Waals surface area contributed by atoms with E-state index in [0.29, 0.717) is 6.42 Å². The second kappa shape index (κ2) is 7.31. The van der Waals surface area contributed by atoms with E-state index in [9.17, 15) is 0 Å². The molecule has 1 unspecified atom stereocenters. The molecule has 0 spiro atoms. The summed E-state index contributed by atoms with van der Waals surface area (Å²) in [5, 5.41) is 9.09. The van der Waals surface area contributed by atoms with Crippen LogP contribution in [0.4, 0.5) is 0 Å². The molecule has 0 bridgehead atoms. The lowest BCUT2D eigenvalue weighted by Gasteiger charge is -2.19. The second-order valence-electron chi connectivity index (χ2n) is 4.90. The molecule has 3 N–H and O–H groups in total. The van der Waals surface area contributed by atoms with Gasteiger partial charge in [0.05, 0.1) is 17.4 Å². The predicted octanol–water partition coefficient (Wildman–Crippen LogP) is 3.51. The van der Waals surface area contributed by atoms with Gasteiger partial charge in [-0.25, -0.2) is 0 Å². The molecule has 0 radical (unpaired) electrons. The highest BCUT2D eigenvalue weighted by Crippen LogP contribution is 2.27. The van der Waals surface area contributed by atoms with Crippen molar-refractivity contribution in [3.63, 3.8) is 0 Å². The summed E-state index contributed by atoms with van der Waals surface area (Å²) in [6.45, 7) is 3.99. The van der Waals surface area contributed by atoms with Crippen LogP contribution in [0.3, 0.4) is 0 Å². The average Bonchev–Trinajstić information content (AvgIpc) is 2.46. The predicted molar refractivity (Wildman–Crippen MR) is 89.1 cm³/mol. The summed E-state index contributed by atoms with van der Waals surface area (Å²) in [5.41, 5.74) is 6.82. The second-order valence-corrected chi connectivity index (χ2v) is 6.22. The Kier molecular flexibility index (Phi) is 5.70. The van der Waals surface area contributed by atoms with Crippen LogP contribution < -0.4 is 11.3 Å². The molecule has 0 aliphatic rings. The Balaban J connectivity index is 2.34. The zero-order chi connectivity index (χ0) is 15.4. The van der Waals surface area contributed by atoms with Gasteiger partial charge in [0.1, 0.15) is 0 Å². The normalized spacial score (nSPS) is 12.4. The summed E-state index contributed by atoms with van der Waals surface area (Å²) in [7, 11) is 0. The number of nitrogens with one attached hydrogen (secondary N) is 1. The van der Waals surface area contributed by atoms with Crippen molar-refractivity contribution in [2.75, 3.05) is 0 Å². The smallest absolute Gasteiger partial charge is 0.0676 e. The Morgan fingerprint density at radius 1 is 1.33 bits per heavy atom. The number of nitrogens with two attached hydrogens (primary N) is 1. The highest BCUT2D eigenvalue weighted by Gasteiger charge is 2.17. The summed E-state index contributed by atoms with van der Waals surface area (Å²) >= 11 is 9.71. The molecule has 0 aliphatic carbocycles. The average molecular weight is 370 g/mol. The number of halogens is 2. The van der Waals surface area contributed by atoms with Gasteiger partial charge < -0.3 is 0 Å². The quantitative estimate of drug-likeness (QED) is 0.625. The standard InChI is InChI=1S/C15H18BrClN4/c1-3-14-12(6-9(2)20-21-14)15(19-18)7-10-4-5-11(16)8-13(10)17/h4-6,8,15,19H,3,7,18H2,1-2H3. The SMILES string of the molecule is CCc1nnc(C)cc1C(Cc1ccc(Br)cc1Cl)NN. The Morgan fingerprint density at radius 2 is 2.10 bits per heavy atom. The minimum atomic E-state index is -0.0483.